The summed E-state index contributed by atoms with van der Waals surface area (Å²) in [5.41, 5.74) is 1.88. The van der Waals surface area contributed by atoms with E-state index in [4.69, 9.17) is 14.2 Å². The van der Waals surface area contributed by atoms with Crippen molar-refractivity contribution in [1.82, 2.24) is 0 Å². The predicted octanol–water partition coefficient (Wildman–Crippen LogP) is 11.9. The van der Waals surface area contributed by atoms with E-state index in [1.54, 1.807) is 6.08 Å². The van der Waals surface area contributed by atoms with Gasteiger partial charge >= 0.3 is 11.8 Å². The number of rotatable bonds is 1. The van der Waals surface area contributed by atoms with Crippen LogP contribution in [0.15, 0.2) is 41.0 Å². The Bertz CT molecular complexity index is 2570. The van der Waals surface area contributed by atoms with Gasteiger partial charge in [0.1, 0.15) is 5.78 Å². The highest BCUT2D eigenvalue weighted by Gasteiger charge is 2.73. The van der Waals surface area contributed by atoms with E-state index in [1.165, 1.54) is 12.7 Å². The Labute approximate surface area is 393 Å². The summed E-state index contributed by atoms with van der Waals surface area (Å²) in [5, 5.41) is 12.8. The molecular weight excluding hydrogens is 825 g/mol. The number of ether oxygens (including phenoxy) is 3. The summed E-state index contributed by atoms with van der Waals surface area (Å²) in [6, 6.07) is 2.03. The van der Waals surface area contributed by atoms with Crippen molar-refractivity contribution in [3.05, 3.63) is 57.7 Å². The molecule has 1 heterocycles. The molecule has 1 aromatic carbocycles. The van der Waals surface area contributed by atoms with Gasteiger partial charge in [-0.3, -0.25) is 19.2 Å². The fourth-order valence-electron chi connectivity index (χ4n) is 19.0. The van der Waals surface area contributed by atoms with Crippen molar-refractivity contribution in [3.8, 4) is 11.5 Å². The maximum atomic E-state index is 14.8. The molecule has 1 aromatic rings. The van der Waals surface area contributed by atoms with E-state index < -0.39 is 28.0 Å². The van der Waals surface area contributed by atoms with Gasteiger partial charge < -0.3 is 19.3 Å². The number of aliphatic hydroxyl groups is 1. The summed E-state index contributed by atoms with van der Waals surface area (Å²) in [7, 11) is 1.52. The summed E-state index contributed by atoms with van der Waals surface area (Å²) in [4.78, 5) is 56.0. The number of esters is 1. The monoisotopic (exact) mass is 901 g/mol. The summed E-state index contributed by atoms with van der Waals surface area (Å²) < 4.78 is 19.3. The number of ketones is 3. The first kappa shape index (κ1) is 45.0. The zero-order valence-corrected chi connectivity index (χ0v) is 42.3. The van der Waals surface area contributed by atoms with E-state index >= 15 is 0 Å². The number of carbonyl (C=O) groups excluding carboxylic acids is 4. The van der Waals surface area contributed by atoms with Crippen LogP contribution in [-0.2, 0) is 24.5 Å². The number of allylic oxidation sites excluding steroid dienone is 3. The standard InChI is InChI=1S/C58H76O8/c1-32-26-41-49(4,30-38(32)60)19-23-55(10)42-29-37(59)45-33(2)46-39(27-36(45)52(42,7)21-24-54(41,55)9)65-57(12)34-14-15-40-51(6,35(34)28-44(61)58(57,63)66-46)20-25-56(11)43-31-50(5,47(62)64-13)17-16-48(43,3)18-22-53(40,56)8/h14,27-29,32,40-41,43,63H,15-26,30-31H2,1-13H3/t32-,40+,41-,43-,48-,49+,50-,51+,52+,53-,54+,55-,56+,57+,58-/m1/s1. The summed E-state index contributed by atoms with van der Waals surface area (Å²) in [6.07, 6.45) is 18.6. The number of benzene rings is 1. The molecule has 0 amide bonds. The van der Waals surface area contributed by atoms with E-state index in [0.717, 1.165) is 100 Å². The lowest BCUT2D eigenvalue weighted by Gasteiger charge is -2.72. The number of hydrogen-bond acceptors (Lipinski definition) is 8. The van der Waals surface area contributed by atoms with Crippen molar-refractivity contribution < 1.29 is 38.5 Å². The molecule has 0 bridgehead atoms. The molecule has 1 aliphatic heterocycles. The first-order chi connectivity index (χ1) is 30.6. The number of methoxy groups -OCH3 is 1. The lowest BCUT2D eigenvalue weighted by molar-refractivity contribution is -0.236. The summed E-state index contributed by atoms with van der Waals surface area (Å²) >= 11 is 0. The number of carbonyl (C=O) groups is 4. The van der Waals surface area contributed by atoms with Crippen molar-refractivity contribution in [3.63, 3.8) is 0 Å². The molecule has 0 unspecified atom stereocenters. The van der Waals surface area contributed by atoms with Crippen molar-refractivity contribution >= 4 is 23.3 Å². The molecule has 10 aliphatic rings. The third-order valence-electron chi connectivity index (χ3n) is 23.9. The van der Waals surface area contributed by atoms with Gasteiger partial charge in [-0.1, -0.05) is 68.4 Å². The van der Waals surface area contributed by atoms with Gasteiger partial charge in [0.25, 0.3) is 0 Å². The maximum absolute atomic E-state index is 14.8. The Morgan fingerprint density at radius 3 is 2.11 bits per heavy atom. The van der Waals surface area contributed by atoms with Crippen LogP contribution in [0.25, 0.3) is 0 Å². The average molecular weight is 901 g/mol. The van der Waals surface area contributed by atoms with Crippen molar-refractivity contribution in [2.75, 3.05) is 7.11 Å². The second-order valence-corrected chi connectivity index (χ2v) is 26.7. The van der Waals surface area contributed by atoms with Gasteiger partial charge in [0.05, 0.1) is 12.5 Å². The highest BCUT2D eigenvalue weighted by atomic mass is 16.7. The third-order valence-corrected chi connectivity index (χ3v) is 23.9. The molecule has 0 spiro atoms. The molecule has 6 saturated carbocycles. The smallest absolute Gasteiger partial charge is 0.317 e. The largest absolute Gasteiger partial charge is 0.471 e. The summed E-state index contributed by atoms with van der Waals surface area (Å²) in [6.45, 7) is 27.3. The van der Waals surface area contributed by atoms with Gasteiger partial charge in [0, 0.05) is 34.5 Å². The second kappa shape index (κ2) is 13.0. The Kier molecular flexibility index (Phi) is 8.86. The minimum absolute atomic E-state index is 0.0330. The number of Topliss-reactive ketones (excluding diaryl/α,β-unsaturated/α-hetero) is 1. The normalized spacial score (nSPS) is 50.8. The van der Waals surface area contributed by atoms with Crippen LogP contribution in [0.1, 0.15) is 188 Å². The molecule has 356 valence electrons. The van der Waals surface area contributed by atoms with E-state index in [9.17, 15) is 24.3 Å². The van der Waals surface area contributed by atoms with Crippen LogP contribution in [0.2, 0.25) is 0 Å². The molecule has 9 aliphatic carbocycles. The fourth-order valence-corrected chi connectivity index (χ4v) is 19.0. The molecule has 0 radical (unpaired) electrons. The molecule has 66 heavy (non-hydrogen) atoms. The average Bonchev–Trinajstić information content (AvgIpc) is 3.25. The third kappa shape index (κ3) is 4.97. The predicted molar refractivity (Wildman–Crippen MR) is 253 cm³/mol. The van der Waals surface area contributed by atoms with Crippen LogP contribution in [0, 0.1) is 73.9 Å². The Morgan fingerprint density at radius 2 is 1.39 bits per heavy atom. The van der Waals surface area contributed by atoms with Crippen LogP contribution in [0.5, 0.6) is 11.5 Å². The van der Waals surface area contributed by atoms with Gasteiger partial charge in [-0.2, -0.15) is 0 Å². The van der Waals surface area contributed by atoms with Crippen molar-refractivity contribution in [2.45, 2.75) is 190 Å². The van der Waals surface area contributed by atoms with Crippen LogP contribution < -0.4 is 9.47 Å². The number of hydrogen-bond donors (Lipinski definition) is 1. The second-order valence-electron chi connectivity index (χ2n) is 26.7. The zero-order valence-electron chi connectivity index (χ0n) is 42.3. The quantitative estimate of drug-likeness (QED) is 0.277. The fraction of sp³-hybridized carbons (Fsp3) is 0.724. The van der Waals surface area contributed by atoms with Crippen LogP contribution in [0.4, 0.5) is 0 Å². The van der Waals surface area contributed by atoms with Crippen molar-refractivity contribution in [2.24, 2.45) is 67.0 Å². The molecule has 0 saturated heterocycles. The van der Waals surface area contributed by atoms with Gasteiger partial charge in [-0.15, -0.1) is 0 Å². The van der Waals surface area contributed by atoms with Crippen LogP contribution in [-0.4, -0.2) is 46.9 Å². The maximum Gasteiger partial charge on any atom is 0.317 e. The van der Waals surface area contributed by atoms with Gasteiger partial charge in [-0.25, -0.2) is 0 Å². The highest BCUT2D eigenvalue weighted by Crippen LogP contribution is 2.78. The highest BCUT2D eigenvalue weighted by molar-refractivity contribution is 6.10. The first-order valence-electron chi connectivity index (χ1n) is 25.7. The van der Waals surface area contributed by atoms with E-state index in [0.29, 0.717) is 40.9 Å². The van der Waals surface area contributed by atoms with Crippen LogP contribution in [0.3, 0.4) is 0 Å². The lowest BCUT2D eigenvalue weighted by atomic mass is 9.32. The molecular formula is C58H76O8. The molecule has 11 rings (SSSR count). The van der Waals surface area contributed by atoms with Crippen molar-refractivity contribution in [1.29, 1.82) is 0 Å². The molecule has 8 nitrogen and oxygen atoms in total. The lowest BCUT2D eigenvalue weighted by Crippen LogP contribution is -2.71. The molecule has 0 aromatic heterocycles. The van der Waals surface area contributed by atoms with Gasteiger partial charge in [0.15, 0.2) is 17.3 Å². The minimum atomic E-state index is -2.34. The minimum Gasteiger partial charge on any atom is -0.471 e. The molecule has 8 heteroatoms. The molecule has 15 atom stereocenters. The van der Waals surface area contributed by atoms with E-state index in [-0.39, 0.29) is 67.2 Å². The molecule has 1 N–H and O–H groups in total. The van der Waals surface area contributed by atoms with E-state index in [1.807, 2.05) is 26.0 Å². The zero-order chi connectivity index (χ0) is 47.6. The Morgan fingerprint density at radius 1 is 0.742 bits per heavy atom. The molecule has 6 fully saturated rings. The van der Waals surface area contributed by atoms with Gasteiger partial charge in [-0.05, 0) is 195 Å². The number of fused-ring (bicyclic) bond motifs is 17. The Hall–Kier alpha value is -3.52. The van der Waals surface area contributed by atoms with E-state index in [2.05, 4.69) is 75.3 Å². The summed E-state index contributed by atoms with van der Waals surface area (Å²) in [5.74, 6) is -0.906. The van der Waals surface area contributed by atoms with Crippen LogP contribution >= 0.6 is 0 Å². The SMILES string of the molecule is COC(=O)[C@]1(C)CC[C@]2(C)CC[C@]3(C)[C@H]4CC=C5C(=CC(=O)[C@@]6(O)Oc7c(cc8c(c7C)C(=O)C=C7[C@@]8(C)CC[C@@]8(C)[C@@H]9C[C@@H](C)C(=O)C[C@]9(C)CC[C@]78C)O[C@@]56C)[C@]4(C)CC[C@@]3(C)[C@@H]2C1. The van der Waals surface area contributed by atoms with Gasteiger partial charge in [0.2, 0.25) is 11.4 Å². The first-order valence-corrected chi connectivity index (χ1v) is 25.7. The Balaban J connectivity index is 0.966. The topological polar surface area (TPSA) is 116 Å².